The second kappa shape index (κ2) is 9.99. The summed E-state index contributed by atoms with van der Waals surface area (Å²) in [6.45, 7) is 0. The Kier molecular flexibility index (Phi) is 6.69. The van der Waals surface area contributed by atoms with Gasteiger partial charge in [-0.25, -0.2) is 0 Å². The molecule has 2 N–H and O–H groups in total. The zero-order valence-electron chi connectivity index (χ0n) is 17.3. The zero-order valence-corrected chi connectivity index (χ0v) is 18.1. The number of carbonyl (C=O) groups excluding carboxylic acids is 1. The van der Waals surface area contributed by atoms with E-state index < -0.39 is 0 Å². The number of halogens is 1. The van der Waals surface area contributed by atoms with Crippen LogP contribution < -0.4 is 5.32 Å². The van der Waals surface area contributed by atoms with Crippen LogP contribution in [0.3, 0.4) is 0 Å². The molecule has 0 aromatic heterocycles. The minimum Gasteiger partial charge on any atom is -0.507 e. The van der Waals surface area contributed by atoms with E-state index in [0.717, 1.165) is 11.1 Å². The van der Waals surface area contributed by atoms with Crippen LogP contribution in [0.4, 0.5) is 5.69 Å². The molecule has 3 nitrogen and oxygen atoms in total. The Labute approximate surface area is 192 Å². The second-order valence-corrected chi connectivity index (χ2v) is 7.78. The Bertz CT molecular complexity index is 1230. The maximum absolute atomic E-state index is 13.2. The maximum Gasteiger partial charge on any atom is 0.260 e. The summed E-state index contributed by atoms with van der Waals surface area (Å²) in [6, 6.07) is 30.1. The maximum atomic E-state index is 13.2. The molecule has 0 spiro atoms. The number of benzene rings is 4. The Morgan fingerprint density at radius 2 is 1.50 bits per heavy atom. The van der Waals surface area contributed by atoms with E-state index in [1.807, 2.05) is 84.9 Å². The number of aromatic hydroxyl groups is 1. The number of hydrogen-bond donors (Lipinski definition) is 2. The summed E-state index contributed by atoms with van der Waals surface area (Å²) >= 11 is 5.95. The summed E-state index contributed by atoms with van der Waals surface area (Å²) in [5, 5.41) is 14.6. The van der Waals surface area contributed by atoms with Gasteiger partial charge in [-0.2, -0.15) is 0 Å². The summed E-state index contributed by atoms with van der Waals surface area (Å²) < 4.78 is 0. The van der Waals surface area contributed by atoms with Gasteiger partial charge in [0.05, 0.1) is 5.56 Å². The van der Waals surface area contributed by atoms with Crippen LogP contribution in [0, 0.1) is 0 Å². The Morgan fingerprint density at radius 1 is 0.844 bits per heavy atom. The number of phenols is 1. The highest BCUT2D eigenvalue weighted by molar-refractivity contribution is 6.30. The topological polar surface area (TPSA) is 49.3 Å². The smallest absolute Gasteiger partial charge is 0.260 e. The first-order chi connectivity index (χ1) is 15.6. The zero-order chi connectivity index (χ0) is 22.3. The van der Waals surface area contributed by atoms with E-state index in [1.165, 1.54) is 0 Å². The van der Waals surface area contributed by atoms with Gasteiger partial charge >= 0.3 is 0 Å². The lowest BCUT2D eigenvalue weighted by Crippen LogP contribution is -2.14. The molecular formula is C28H22ClNO2. The predicted octanol–water partition coefficient (Wildman–Crippen LogP) is 7.22. The van der Waals surface area contributed by atoms with Gasteiger partial charge in [-0.1, -0.05) is 96.5 Å². The van der Waals surface area contributed by atoms with Crippen LogP contribution in [0.2, 0.25) is 5.02 Å². The molecule has 1 amide bonds. The fourth-order valence-corrected chi connectivity index (χ4v) is 3.63. The van der Waals surface area contributed by atoms with Gasteiger partial charge in [0.15, 0.2) is 0 Å². The Balaban J connectivity index is 1.68. The van der Waals surface area contributed by atoms with Crippen LogP contribution in [0.5, 0.6) is 5.75 Å². The van der Waals surface area contributed by atoms with Gasteiger partial charge in [0.2, 0.25) is 0 Å². The highest BCUT2D eigenvalue weighted by Crippen LogP contribution is 2.34. The lowest BCUT2D eigenvalue weighted by Gasteiger charge is -2.15. The van der Waals surface area contributed by atoms with Crippen molar-refractivity contribution in [1.29, 1.82) is 0 Å². The lowest BCUT2D eigenvalue weighted by molar-refractivity contribution is 0.102. The monoisotopic (exact) mass is 439 g/mol. The highest BCUT2D eigenvalue weighted by Gasteiger charge is 2.20. The first kappa shape index (κ1) is 21.4. The molecule has 0 aliphatic heterocycles. The molecule has 0 saturated carbocycles. The van der Waals surface area contributed by atoms with Gasteiger partial charge in [-0.15, -0.1) is 0 Å². The van der Waals surface area contributed by atoms with Crippen molar-refractivity contribution in [3.8, 4) is 16.9 Å². The number of amides is 1. The van der Waals surface area contributed by atoms with Gasteiger partial charge in [0.1, 0.15) is 5.75 Å². The van der Waals surface area contributed by atoms with E-state index in [2.05, 4.69) is 5.32 Å². The minimum absolute atomic E-state index is 0.0180. The number of carbonyl (C=O) groups is 1. The van der Waals surface area contributed by atoms with E-state index in [4.69, 9.17) is 11.6 Å². The molecule has 0 aliphatic carbocycles. The van der Waals surface area contributed by atoms with Gasteiger partial charge in [0.25, 0.3) is 5.91 Å². The number of anilines is 1. The van der Waals surface area contributed by atoms with Crippen molar-refractivity contribution in [2.24, 2.45) is 0 Å². The molecule has 4 heteroatoms. The molecule has 0 unspecified atom stereocenters. The summed E-state index contributed by atoms with van der Waals surface area (Å²) in [7, 11) is 0. The van der Waals surface area contributed by atoms with Crippen LogP contribution in [0.15, 0.2) is 103 Å². The molecule has 0 heterocycles. The van der Waals surface area contributed by atoms with Gasteiger partial charge < -0.3 is 10.4 Å². The van der Waals surface area contributed by atoms with Crippen molar-refractivity contribution in [2.75, 3.05) is 5.32 Å². The van der Waals surface area contributed by atoms with Gasteiger partial charge in [-0.3, -0.25) is 4.79 Å². The molecule has 0 atom stereocenters. The number of nitrogens with one attached hydrogen (secondary N) is 1. The fourth-order valence-electron chi connectivity index (χ4n) is 3.50. The third-order valence-electron chi connectivity index (χ3n) is 5.12. The first-order valence-corrected chi connectivity index (χ1v) is 10.7. The normalized spacial score (nSPS) is 10.9. The highest BCUT2D eigenvalue weighted by atomic mass is 35.5. The van der Waals surface area contributed by atoms with Crippen molar-refractivity contribution in [3.05, 3.63) is 125 Å². The molecular weight excluding hydrogens is 418 g/mol. The van der Waals surface area contributed by atoms with E-state index >= 15 is 0 Å². The Morgan fingerprint density at radius 3 is 2.19 bits per heavy atom. The summed E-state index contributed by atoms with van der Waals surface area (Å²) in [5.74, 6) is -0.395. The van der Waals surface area contributed by atoms with E-state index in [9.17, 15) is 9.90 Å². The predicted molar refractivity (Wildman–Crippen MR) is 132 cm³/mol. The van der Waals surface area contributed by atoms with Crippen molar-refractivity contribution in [3.63, 3.8) is 0 Å². The van der Waals surface area contributed by atoms with Crippen LogP contribution >= 0.6 is 11.6 Å². The van der Waals surface area contributed by atoms with Gasteiger partial charge in [0, 0.05) is 10.7 Å². The minimum atomic E-state index is -0.377. The molecule has 4 rings (SSSR count). The third-order valence-corrected chi connectivity index (χ3v) is 5.38. The second-order valence-electron chi connectivity index (χ2n) is 7.34. The fraction of sp³-hybridized carbons (Fsp3) is 0.0357. The number of hydrogen-bond acceptors (Lipinski definition) is 2. The van der Waals surface area contributed by atoms with Crippen LogP contribution in [-0.2, 0) is 6.42 Å². The molecule has 0 aliphatic rings. The van der Waals surface area contributed by atoms with Crippen molar-refractivity contribution in [2.45, 2.75) is 6.42 Å². The Hall–Kier alpha value is -3.82. The van der Waals surface area contributed by atoms with E-state index in [0.29, 0.717) is 28.3 Å². The SMILES string of the molecule is O=C(Nc1ccc(Cl)cc1)c1c(-c2ccccc2)ccc(C/C=C/c2ccccc2)c1O. The average molecular weight is 440 g/mol. The quantitative estimate of drug-likeness (QED) is 0.333. The average Bonchev–Trinajstić information content (AvgIpc) is 2.82. The van der Waals surface area contributed by atoms with Crippen LogP contribution in [0.25, 0.3) is 17.2 Å². The summed E-state index contributed by atoms with van der Waals surface area (Å²) in [6.07, 6.45) is 4.47. The van der Waals surface area contributed by atoms with Crippen molar-refractivity contribution in [1.82, 2.24) is 0 Å². The molecule has 0 saturated heterocycles. The molecule has 0 fully saturated rings. The molecule has 0 radical (unpaired) electrons. The van der Waals surface area contributed by atoms with E-state index in [1.54, 1.807) is 24.3 Å². The summed E-state index contributed by atoms with van der Waals surface area (Å²) in [4.78, 5) is 13.2. The number of rotatable bonds is 6. The molecule has 32 heavy (non-hydrogen) atoms. The van der Waals surface area contributed by atoms with Crippen molar-refractivity contribution < 1.29 is 9.90 Å². The molecule has 4 aromatic carbocycles. The van der Waals surface area contributed by atoms with Gasteiger partial charge in [-0.05, 0) is 52.9 Å². The van der Waals surface area contributed by atoms with Crippen molar-refractivity contribution >= 4 is 29.3 Å². The number of phenolic OH excluding ortho intramolecular Hbond substituents is 1. The summed E-state index contributed by atoms with van der Waals surface area (Å²) in [5.41, 5.74) is 4.14. The molecule has 158 valence electrons. The number of allylic oxidation sites excluding steroid dienone is 1. The first-order valence-electron chi connectivity index (χ1n) is 10.3. The third kappa shape index (κ3) is 5.08. The van der Waals surface area contributed by atoms with Crippen LogP contribution in [0.1, 0.15) is 21.5 Å². The van der Waals surface area contributed by atoms with Crippen LogP contribution in [-0.4, -0.2) is 11.0 Å². The molecule has 0 bridgehead atoms. The largest absolute Gasteiger partial charge is 0.507 e. The standard InChI is InChI=1S/C28H22ClNO2/c29-23-15-17-24(18-16-23)30-28(32)26-25(21-11-5-2-6-12-21)19-14-22(27(26)31)13-7-10-20-8-3-1-4-9-20/h1-12,14-19,31H,13H2,(H,30,32)/b10-7+. The molecule has 4 aromatic rings. The lowest BCUT2D eigenvalue weighted by atomic mass is 9.94. The van der Waals surface area contributed by atoms with E-state index in [-0.39, 0.29) is 17.2 Å².